The molecule has 2 heterocycles. The highest BCUT2D eigenvalue weighted by atomic mass is 79.9. The number of fused-ring (bicyclic) bond motifs is 1. The molecule has 134 valence electrons. The average Bonchev–Trinajstić information content (AvgIpc) is 3.43. The standard InChI is InChI=1S/C19H16BrN7/c20-12-7-9-13(10-8-12)22-18-24-17(21)25-19(26-18)27-15-4-2-1-3-14(15)23-16(27)11-5-6-11/h1-4,7-11H,5-6H2,(H3,21,22,24,25,26). The quantitative estimate of drug-likeness (QED) is 0.513. The zero-order chi connectivity index (χ0) is 18.4. The van der Waals surface area contributed by atoms with E-state index in [4.69, 9.17) is 10.7 Å². The van der Waals surface area contributed by atoms with Crippen LogP contribution in [0.1, 0.15) is 24.6 Å². The van der Waals surface area contributed by atoms with Gasteiger partial charge in [0.2, 0.25) is 17.8 Å². The number of imidazole rings is 1. The Morgan fingerprint density at radius 3 is 2.52 bits per heavy atom. The number of para-hydroxylation sites is 2. The van der Waals surface area contributed by atoms with Crippen LogP contribution in [0.2, 0.25) is 0 Å². The lowest BCUT2D eigenvalue weighted by Gasteiger charge is -2.10. The van der Waals surface area contributed by atoms with E-state index in [9.17, 15) is 0 Å². The summed E-state index contributed by atoms with van der Waals surface area (Å²) in [5, 5.41) is 3.19. The summed E-state index contributed by atoms with van der Waals surface area (Å²) in [5.41, 5.74) is 8.76. The van der Waals surface area contributed by atoms with Crippen molar-refractivity contribution in [2.75, 3.05) is 11.1 Å². The molecule has 0 amide bonds. The Morgan fingerprint density at radius 2 is 1.74 bits per heavy atom. The predicted octanol–water partition coefficient (Wildman–Crippen LogP) is 4.18. The minimum atomic E-state index is 0.166. The summed E-state index contributed by atoms with van der Waals surface area (Å²) in [4.78, 5) is 18.0. The first kappa shape index (κ1) is 16.2. The van der Waals surface area contributed by atoms with Gasteiger partial charge >= 0.3 is 0 Å². The monoisotopic (exact) mass is 421 g/mol. The molecule has 0 unspecified atom stereocenters. The van der Waals surface area contributed by atoms with Crippen LogP contribution in [-0.4, -0.2) is 24.5 Å². The van der Waals surface area contributed by atoms with Crippen LogP contribution in [0, 0.1) is 0 Å². The first-order valence-corrected chi connectivity index (χ1v) is 9.48. The SMILES string of the molecule is Nc1nc(Nc2ccc(Br)cc2)nc(-n2c(C3CC3)nc3ccccc32)n1. The van der Waals surface area contributed by atoms with Crippen LogP contribution in [0.4, 0.5) is 17.6 Å². The smallest absolute Gasteiger partial charge is 0.242 e. The number of rotatable bonds is 4. The molecular weight excluding hydrogens is 406 g/mol. The van der Waals surface area contributed by atoms with E-state index in [2.05, 4.69) is 36.2 Å². The highest BCUT2D eigenvalue weighted by Crippen LogP contribution is 2.41. The van der Waals surface area contributed by atoms with Crippen molar-refractivity contribution in [3.05, 3.63) is 58.8 Å². The van der Waals surface area contributed by atoms with Crippen molar-refractivity contribution >= 4 is 44.5 Å². The predicted molar refractivity (Wildman–Crippen MR) is 108 cm³/mol. The van der Waals surface area contributed by atoms with E-state index in [0.717, 1.165) is 39.9 Å². The molecule has 1 aliphatic carbocycles. The van der Waals surface area contributed by atoms with Crippen molar-refractivity contribution in [3.8, 4) is 5.95 Å². The van der Waals surface area contributed by atoms with Crippen molar-refractivity contribution in [2.45, 2.75) is 18.8 Å². The maximum absolute atomic E-state index is 5.99. The summed E-state index contributed by atoms with van der Waals surface area (Å²) in [6, 6.07) is 15.8. The Bertz CT molecular complexity index is 1130. The molecule has 3 N–H and O–H groups in total. The van der Waals surface area contributed by atoms with Gasteiger partial charge in [-0.05, 0) is 49.2 Å². The third kappa shape index (κ3) is 3.12. The first-order valence-electron chi connectivity index (χ1n) is 8.69. The third-order valence-electron chi connectivity index (χ3n) is 4.47. The van der Waals surface area contributed by atoms with Gasteiger partial charge < -0.3 is 11.1 Å². The van der Waals surface area contributed by atoms with Crippen LogP contribution >= 0.6 is 15.9 Å². The summed E-state index contributed by atoms with van der Waals surface area (Å²) >= 11 is 3.43. The van der Waals surface area contributed by atoms with E-state index < -0.39 is 0 Å². The van der Waals surface area contributed by atoms with Gasteiger partial charge in [0.05, 0.1) is 11.0 Å². The number of hydrogen-bond acceptors (Lipinski definition) is 6. The van der Waals surface area contributed by atoms with Crippen LogP contribution in [0.5, 0.6) is 0 Å². The molecule has 1 aliphatic rings. The largest absolute Gasteiger partial charge is 0.368 e. The van der Waals surface area contributed by atoms with Gasteiger partial charge in [0, 0.05) is 16.1 Å². The van der Waals surface area contributed by atoms with Crippen LogP contribution in [-0.2, 0) is 0 Å². The van der Waals surface area contributed by atoms with Crippen LogP contribution < -0.4 is 11.1 Å². The summed E-state index contributed by atoms with van der Waals surface area (Å²) in [5.74, 6) is 2.48. The molecule has 0 saturated heterocycles. The van der Waals surface area contributed by atoms with Gasteiger partial charge in [-0.25, -0.2) is 4.98 Å². The highest BCUT2D eigenvalue weighted by molar-refractivity contribution is 9.10. The van der Waals surface area contributed by atoms with Gasteiger partial charge in [-0.1, -0.05) is 28.1 Å². The number of nitrogen functional groups attached to an aromatic ring is 1. The van der Waals surface area contributed by atoms with Crippen molar-refractivity contribution in [1.82, 2.24) is 24.5 Å². The number of nitrogens with one attached hydrogen (secondary N) is 1. The Hall–Kier alpha value is -3.00. The Kier molecular flexibility index (Phi) is 3.78. The van der Waals surface area contributed by atoms with Crippen LogP contribution in [0.15, 0.2) is 53.0 Å². The fourth-order valence-electron chi connectivity index (χ4n) is 3.07. The van der Waals surface area contributed by atoms with Gasteiger partial charge in [0.25, 0.3) is 0 Å². The van der Waals surface area contributed by atoms with Gasteiger partial charge in [0.15, 0.2) is 0 Å². The maximum Gasteiger partial charge on any atom is 0.242 e. The molecule has 0 spiro atoms. The van der Waals surface area contributed by atoms with Crippen molar-refractivity contribution in [2.24, 2.45) is 0 Å². The number of nitrogens with zero attached hydrogens (tertiary/aromatic N) is 5. The summed E-state index contributed by atoms with van der Waals surface area (Å²) in [6.07, 6.45) is 2.27. The minimum absolute atomic E-state index is 0.166. The summed E-state index contributed by atoms with van der Waals surface area (Å²) in [6.45, 7) is 0. The zero-order valence-electron chi connectivity index (χ0n) is 14.3. The lowest BCUT2D eigenvalue weighted by atomic mass is 10.3. The minimum Gasteiger partial charge on any atom is -0.368 e. The second-order valence-electron chi connectivity index (χ2n) is 6.52. The molecule has 0 aliphatic heterocycles. The molecule has 1 fully saturated rings. The molecule has 2 aromatic heterocycles. The second kappa shape index (κ2) is 6.31. The Labute approximate surface area is 163 Å². The zero-order valence-corrected chi connectivity index (χ0v) is 15.9. The fraction of sp³-hybridized carbons (Fsp3) is 0.158. The molecule has 2 aromatic carbocycles. The molecule has 0 bridgehead atoms. The maximum atomic E-state index is 5.99. The fourth-order valence-corrected chi connectivity index (χ4v) is 3.33. The van der Waals surface area contributed by atoms with Gasteiger partial charge in [0.1, 0.15) is 5.82 Å². The summed E-state index contributed by atoms with van der Waals surface area (Å²) < 4.78 is 3.00. The molecule has 5 rings (SSSR count). The van der Waals surface area contributed by atoms with Crippen molar-refractivity contribution in [3.63, 3.8) is 0 Å². The van der Waals surface area contributed by atoms with Crippen molar-refractivity contribution < 1.29 is 0 Å². The van der Waals surface area contributed by atoms with E-state index in [1.54, 1.807) is 0 Å². The molecule has 27 heavy (non-hydrogen) atoms. The second-order valence-corrected chi connectivity index (χ2v) is 7.43. The molecule has 4 aromatic rings. The molecule has 8 heteroatoms. The van der Waals surface area contributed by atoms with E-state index >= 15 is 0 Å². The Morgan fingerprint density at radius 1 is 0.963 bits per heavy atom. The van der Waals surface area contributed by atoms with E-state index in [0.29, 0.717) is 17.8 Å². The number of aromatic nitrogens is 5. The van der Waals surface area contributed by atoms with Crippen LogP contribution in [0.25, 0.3) is 17.0 Å². The Balaban J connectivity index is 1.61. The number of halogens is 1. The molecule has 0 radical (unpaired) electrons. The van der Waals surface area contributed by atoms with Crippen molar-refractivity contribution in [1.29, 1.82) is 0 Å². The average molecular weight is 422 g/mol. The third-order valence-corrected chi connectivity index (χ3v) is 5.00. The van der Waals surface area contributed by atoms with Gasteiger partial charge in [-0.3, -0.25) is 4.57 Å². The highest BCUT2D eigenvalue weighted by Gasteiger charge is 2.31. The normalized spacial score (nSPS) is 13.8. The van der Waals surface area contributed by atoms with Crippen LogP contribution in [0.3, 0.4) is 0 Å². The number of nitrogens with two attached hydrogens (primary N) is 1. The first-order chi connectivity index (χ1) is 13.2. The van der Waals surface area contributed by atoms with Gasteiger partial charge in [-0.15, -0.1) is 0 Å². The van der Waals surface area contributed by atoms with E-state index in [1.165, 1.54) is 0 Å². The van der Waals surface area contributed by atoms with E-state index in [1.807, 2.05) is 53.1 Å². The number of hydrogen-bond donors (Lipinski definition) is 2. The summed E-state index contributed by atoms with van der Waals surface area (Å²) in [7, 11) is 0. The molecule has 7 nitrogen and oxygen atoms in total. The number of benzene rings is 2. The van der Waals surface area contributed by atoms with E-state index in [-0.39, 0.29) is 5.95 Å². The molecule has 0 atom stereocenters. The molecule has 1 saturated carbocycles. The topological polar surface area (TPSA) is 94.5 Å². The lowest BCUT2D eigenvalue weighted by molar-refractivity contribution is 0.838. The number of anilines is 3. The van der Waals surface area contributed by atoms with Gasteiger partial charge in [-0.2, -0.15) is 15.0 Å². The molecular formula is C19H16BrN7. The lowest BCUT2D eigenvalue weighted by Crippen LogP contribution is -2.11.